The Kier molecular flexibility index (Phi) is 12.9. The summed E-state index contributed by atoms with van der Waals surface area (Å²) in [7, 11) is -2.40. The van der Waals surface area contributed by atoms with E-state index in [4.69, 9.17) is 32.9 Å². The van der Waals surface area contributed by atoms with Gasteiger partial charge in [0.2, 0.25) is 0 Å². The van der Waals surface area contributed by atoms with Gasteiger partial charge in [-0.1, -0.05) is 4.59 Å². The zero-order valence-electron chi connectivity index (χ0n) is 14.0. The third-order valence-electron chi connectivity index (χ3n) is 2.57. The molecule has 0 aromatic carbocycles. The van der Waals surface area contributed by atoms with Gasteiger partial charge in [-0.3, -0.25) is 10.1 Å². The molecule has 0 spiro atoms. The minimum atomic E-state index is -2.47. The van der Waals surface area contributed by atoms with Crippen molar-refractivity contribution in [2.75, 3.05) is 39.6 Å². The average Bonchev–Trinajstić information content (AvgIpc) is 3.23. The topological polar surface area (TPSA) is 92.6 Å². The Balaban J connectivity index is 0.000000980. The number of rotatable bonds is 12. The summed E-state index contributed by atoms with van der Waals surface area (Å²) >= 11 is 0. The maximum absolute atomic E-state index is 8.87. The maximum Gasteiger partial charge on any atom is 0.501 e. The summed E-state index contributed by atoms with van der Waals surface area (Å²) in [6, 6.07) is 0.814. The highest BCUT2D eigenvalue weighted by molar-refractivity contribution is 6.60. The van der Waals surface area contributed by atoms with Crippen molar-refractivity contribution in [3.8, 4) is 0 Å². The first kappa shape index (κ1) is 21.6. The lowest BCUT2D eigenvalue weighted by molar-refractivity contribution is -0.312. The molecule has 0 bridgehead atoms. The van der Waals surface area contributed by atoms with E-state index in [9.17, 15) is 0 Å². The van der Waals surface area contributed by atoms with Crippen LogP contribution in [0.1, 0.15) is 27.2 Å². The summed E-state index contributed by atoms with van der Waals surface area (Å²) in [6.07, 6.45) is 1.23. The van der Waals surface area contributed by atoms with Gasteiger partial charge in [0.1, 0.15) is 6.10 Å². The van der Waals surface area contributed by atoms with Crippen molar-refractivity contribution < 1.29 is 27.3 Å². The van der Waals surface area contributed by atoms with Gasteiger partial charge < -0.3 is 22.8 Å². The van der Waals surface area contributed by atoms with Gasteiger partial charge in [-0.05, 0) is 27.2 Å². The van der Waals surface area contributed by atoms with Crippen LogP contribution >= 0.6 is 0 Å². The molecular formula is C12H29NO7Si2. The fourth-order valence-electron chi connectivity index (χ4n) is 1.77. The van der Waals surface area contributed by atoms with Crippen LogP contribution in [0.15, 0.2) is 0 Å². The normalized spacial score (nSPS) is 17.0. The van der Waals surface area contributed by atoms with Crippen molar-refractivity contribution in [3.63, 3.8) is 0 Å². The highest BCUT2D eigenvalue weighted by Gasteiger charge is 2.39. The number of nitrogens with zero attached hydrogens (tertiary/aromatic N) is 1. The van der Waals surface area contributed by atoms with Crippen molar-refractivity contribution in [2.45, 2.75) is 39.3 Å². The highest BCUT2D eigenvalue weighted by Crippen LogP contribution is 2.18. The van der Waals surface area contributed by atoms with E-state index in [0.717, 1.165) is 19.1 Å². The third-order valence-corrected chi connectivity index (χ3v) is 5.72. The zero-order valence-corrected chi connectivity index (χ0v) is 17.0. The summed E-state index contributed by atoms with van der Waals surface area (Å²) in [6.45, 7) is 10.1. The predicted octanol–water partition coefficient (Wildman–Crippen LogP) is 0.384. The standard InChI is InChI=1S/C12H26O5Si.H3NO2Si/c1-4-15-18(16-5-2,17-6-3)9-7-8-13-10-12-11-14-12;2-1(3)4/h12H,4-11H2,1-3H3;4H3. The molecule has 1 rings (SSSR count). The summed E-state index contributed by atoms with van der Waals surface area (Å²) in [4.78, 5) is 8.87. The van der Waals surface area contributed by atoms with Crippen LogP contribution in [0.3, 0.4) is 0 Å². The van der Waals surface area contributed by atoms with Gasteiger partial charge in [-0.25, -0.2) is 0 Å². The van der Waals surface area contributed by atoms with Crippen molar-refractivity contribution in [1.29, 1.82) is 0 Å². The molecule has 132 valence electrons. The Labute approximate surface area is 136 Å². The van der Waals surface area contributed by atoms with E-state index in [-0.39, 0.29) is 15.0 Å². The van der Waals surface area contributed by atoms with Gasteiger partial charge >= 0.3 is 19.2 Å². The molecule has 0 radical (unpaired) electrons. The van der Waals surface area contributed by atoms with Gasteiger partial charge in [-0.2, -0.15) is 0 Å². The first-order valence-electron chi connectivity index (χ1n) is 7.68. The summed E-state index contributed by atoms with van der Waals surface area (Å²) < 4.78 is 27.5. The molecule has 0 N–H and O–H groups in total. The van der Waals surface area contributed by atoms with E-state index < -0.39 is 8.80 Å². The molecular weight excluding hydrogens is 326 g/mol. The molecule has 1 fully saturated rings. The van der Waals surface area contributed by atoms with Gasteiger partial charge in [0.15, 0.2) is 0 Å². The second-order valence-corrected chi connectivity index (χ2v) is 8.02. The molecule has 0 amide bonds. The van der Waals surface area contributed by atoms with Gasteiger partial charge in [0.05, 0.1) is 13.2 Å². The van der Waals surface area contributed by atoms with Crippen LogP contribution in [0, 0.1) is 10.1 Å². The number of nitro groups is 1. The zero-order chi connectivity index (χ0) is 16.8. The molecule has 1 aliphatic heterocycles. The van der Waals surface area contributed by atoms with Crippen molar-refractivity contribution in [3.05, 3.63) is 10.1 Å². The van der Waals surface area contributed by atoms with E-state index >= 15 is 0 Å². The number of ether oxygens (including phenoxy) is 2. The molecule has 0 aromatic rings. The number of epoxide rings is 1. The van der Waals surface area contributed by atoms with E-state index in [0.29, 0.717) is 39.1 Å². The quantitative estimate of drug-likeness (QED) is 0.164. The van der Waals surface area contributed by atoms with Crippen LogP contribution in [0.4, 0.5) is 0 Å². The Morgan fingerprint density at radius 2 is 1.68 bits per heavy atom. The fourth-order valence-corrected chi connectivity index (χ4v) is 4.35. The van der Waals surface area contributed by atoms with Crippen LogP contribution in [0.25, 0.3) is 0 Å². The Hall–Kier alpha value is -0.366. The second kappa shape index (κ2) is 13.1. The SMILES string of the molecule is CCO[Si](CCCOCC1CO1)(OCC)OCC.O=[N+]([O-])[SiH3]. The molecule has 10 heteroatoms. The Morgan fingerprint density at radius 3 is 2.05 bits per heavy atom. The minimum absolute atomic E-state index is 0.0710. The lowest BCUT2D eigenvalue weighted by Crippen LogP contribution is -2.46. The Bertz CT molecular complexity index is 272. The van der Waals surface area contributed by atoms with E-state index in [2.05, 4.69) is 0 Å². The lowest BCUT2D eigenvalue weighted by Gasteiger charge is -2.28. The molecule has 1 heterocycles. The molecule has 0 aromatic heterocycles. The van der Waals surface area contributed by atoms with E-state index in [1.165, 1.54) is 0 Å². The van der Waals surface area contributed by atoms with Crippen molar-refractivity contribution in [1.82, 2.24) is 0 Å². The molecule has 1 atom stereocenters. The molecule has 1 saturated heterocycles. The maximum atomic E-state index is 8.87. The van der Waals surface area contributed by atoms with Crippen LogP contribution in [-0.2, 0) is 22.8 Å². The second-order valence-electron chi connectivity index (χ2n) is 4.56. The average molecular weight is 356 g/mol. The van der Waals surface area contributed by atoms with Crippen LogP contribution in [0.2, 0.25) is 6.04 Å². The van der Waals surface area contributed by atoms with Crippen molar-refractivity contribution in [2.24, 2.45) is 0 Å². The molecule has 1 unspecified atom stereocenters. The van der Waals surface area contributed by atoms with E-state index in [1.54, 1.807) is 0 Å². The first-order valence-corrected chi connectivity index (χ1v) is 10.5. The monoisotopic (exact) mass is 355 g/mol. The molecule has 8 nitrogen and oxygen atoms in total. The van der Waals surface area contributed by atoms with Gasteiger partial charge in [-0.15, -0.1) is 0 Å². The minimum Gasteiger partial charge on any atom is -0.379 e. The summed E-state index contributed by atoms with van der Waals surface area (Å²) in [5, 5.41) is 8.87. The number of hydrogen-bond acceptors (Lipinski definition) is 7. The predicted molar refractivity (Wildman–Crippen MR) is 87.5 cm³/mol. The van der Waals surface area contributed by atoms with Crippen LogP contribution in [0.5, 0.6) is 0 Å². The third kappa shape index (κ3) is 12.2. The van der Waals surface area contributed by atoms with Gasteiger partial charge in [0, 0.05) is 32.5 Å². The highest BCUT2D eigenvalue weighted by atomic mass is 28.4. The van der Waals surface area contributed by atoms with Gasteiger partial charge in [0.25, 0.3) is 0 Å². The Morgan fingerprint density at radius 1 is 1.23 bits per heavy atom. The van der Waals surface area contributed by atoms with Crippen LogP contribution < -0.4 is 0 Å². The molecule has 1 aliphatic rings. The lowest BCUT2D eigenvalue weighted by atomic mass is 10.5. The molecule has 0 aliphatic carbocycles. The van der Waals surface area contributed by atoms with Crippen LogP contribution in [-0.4, -0.2) is 69.5 Å². The first-order chi connectivity index (χ1) is 10.5. The molecule has 22 heavy (non-hydrogen) atoms. The fraction of sp³-hybridized carbons (Fsp3) is 1.00. The summed E-state index contributed by atoms with van der Waals surface area (Å²) in [5.74, 6) is 0. The number of hydrogen-bond donors (Lipinski definition) is 0. The largest absolute Gasteiger partial charge is 0.501 e. The smallest absolute Gasteiger partial charge is 0.379 e. The van der Waals surface area contributed by atoms with E-state index in [1.807, 2.05) is 20.8 Å². The van der Waals surface area contributed by atoms with Crippen molar-refractivity contribution >= 4 is 19.2 Å². The molecule has 0 saturated carbocycles. The summed E-state index contributed by atoms with van der Waals surface area (Å²) in [5.41, 5.74) is 0.